The van der Waals surface area contributed by atoms with E-state index in [9.17, 15) is 4.79 Å². The Balaban J connectivity index is 2.08. The smallest absolute Gasteiger partial charge is 0.253 e. The highest BCUT2D eigenvalue weighted by molar-refractivity contribution is 6.30. The summed E-state index contributed by atoms with van der Waals surface area (Å²) in [5.41, 5.74) is 0.643. The predicted molar refractivity (Wildman–Crippen MR) is 62.8 cm³/mol. The largest absolute Gasteiger partial charge is 0.380 e. The summed E-state index contributed by atoms with van der Waals surface area (Å²) < 4.78 is 5.23. The first-order valence-corrected chi connectivity index (χ1v) is 5.66. The molecule has 2 rings (SSSR count). The Kier molecular flexibility index (Phi) is 3.46. The van der Waals surface area contributed by atoms with Crippen LogP contribution >= 0.6 is 11.6 Å². The van der Waals surface area contributed by atoms with Crippen molar-refractivity contribution in [1.29, 1.82) is 0 Å². The second kappa shape index (κ2) is 4.85. The van der Waals surface area contributed by atoms with Crippen LogP contribution in [0.4, 0.5) is 0 Å². The summed E-state index contributed by atoms with van der Waals surface area (Å²) in [5.74, 6) is 0.0297. The minimum absolute atomic E-state index is 0.0297. The third-order valence-electron chi connectivity index (χ3n) is 2.84. The van der Waals surface area contributed by atoms with E-state index in [1.807, 2.05) is 0 Å². The van der Waals surface area contributed by atoms with Gasteiger partial charge in [0.1, 0.15) is 0 Å². The average molecular weight is 240 g/mol. The number of hydrogen-bond acceptors (Lipinski definition) is 2. The van der Waals surface area contributed by atoms with E-state index in [2.05, 4.69) is 0 Å². The first-order valence-electron chi connectivity index (χ1n) is 5.28. The van der Waals surface area contributed by atoms with Crippen molar-refractivity contribution < 1.29 is 9.53 Å². The molecule has 86 valence electrons. The maximum atomic E-state index is 12.1. The normalized spacial score (nSPS) is 20.1. The molecule has 4 heteroatoms. The Bertz CT molecular complexity index is 394. The molecule has 1 saturated heterocycles. The maximum Gasteiger partial charge on any atom is 0.253 e. The first-order chi connectivity index (χ1) is 7.70. The van der Waals surface area contributed by atoms with Crippen molar-refractivity contribution in [3.05, 3.63) is 34.9 Å². The van der Waals surface area contributed by atoms with Gasteiger partial charge in [-0.05, 0) is 24.6 Å². The van der Waals surface area contributed by atoms with E-state index in [1.54, 1.807) is 36.3 Å². The number of ether oxygens (including phenoxy) is 1. The molecule has 0 saturated carbocycles. The van der Waals surface area contributed by atoms with Gasteiger partial charge in [0.2, 0.25) is 0 Å². The van der Waals surface area contributed by atoms with Gasteiger partial charge in [-0.2, -0.15) is 0 Å². The van der Waals surface area contributed by atoms with Gasteiger partial charge in [0.05, 0.1) is 6.10 Å². The van der Waals surface area contributed by atoms with Crippen LogP contribution in [0, 0.1) is 0 Å². The molecule has 16 heavy (non-hydrogen) atoms. The molecule has 0 aromatic heterocycles. The number of carbonyl (C=O) groups is 1. The molecule has 1 amide bonds. The van der Waals surface area contributed by atoms with Gasteiger partial charge in [-0.25, -0.2) is 0 Å². The Morgan fingerprint density at radius 3 is 3.00 bits per heavy atom. The Hall–Kier alpha value is -1.06. The highest BCUT2D eigenvalue weighted by Gasteiger charge is 2.26. The molecular formula is C12H14ClNO2. The number of amides is 1. The molecule has 1 aliphatic heterocycles. The number of nitrogens with zero attached hydrogens (tertiary/aromatic N) is 1. The standard InChI is InChI=1S/C12H14ClNO2/c1-16-11-5-6-14(8-11)12(15)9-3-2-4-10(13)7-9/h2-4,7,11H,5-6,8H2,1H3. The summed E-state index contributed by atoms with van der Waals surface area (Å²) in [7, 11) is 1.68. The second-order valence-corrected chi connectivity index (χ2v) is 4.34. The van der Waals surface area contributed by atoms with Crippen molar-refractivity contribution >= 4 is 17.5 Å². The van der Waals surface area contributed by atoms with Crippen LogP contribution in [0.25, 0.3) is 0 Å². The van der Waals surface area contributed by atoms with Crippen molar-refractivity contribution in [1.82, 2.24) is 4.90 Å². The minimum atomic E-state index is 0.0297. The number of halogens is 1. The summed E-state index contributed by atoms with van der Waals surface area (Å²) in [6.45, 7) is 1.42. The number of benzene rings is 1. The summed E-state index contributed by atoms with van der Waals surface area (Å²) in [6, 6.07) is 7.04. The van der Waals surface area contributed by atoms with E-state index in [0.717, 1.165) is 13.0 Å². The van der Waals surface area contributed by atoms with Crippen molar-refractivity contribution in [2.75, 3.05) is 20.2 Å². The zero-order valence-electron chi connectivity index (χ0n) is 9.15. The van der Waals surface area contributed by atoms with Crippen molar-refractivity contribution in [3.8, 4) is 0 Å². The number of rotatable bonds is 2. The van der Waals surface area contributed by atoms with Crippen LogP contribution in [0.2, 0.25) is 5.02 Å². The van der Waals surface area contributed by atoms with Crippen molar-refractivity contribution in [3.63, 3.8) is 0 Å². The van der Waals surface area contributed by atoms with Crippen LogP contribution < -0.4 is 0 Å². The fourth-order valence-corrected chi connectivity index (χ4v) is 2.10. The number of hydrogen-bond donors (Lipinski definition) is 0. The Morgan fingerprint density at radius 1 is 1.56 bits per heavy atom. The fraction of sp³-hybridized carbons (Fsp3) is 0.417. The third-order valence-corrected chi connectivity index (χ3v) is 3.07. The lowest BCUT2D eigenvalue weighted by molar-refractivity contribution is 0.0724. The summed E-state index contributed by atoms with van der Waals surface area (Å²) >= 11 is 5.86. The van der Waals surface area contributed by atoms with Crippen molar-refractivity contribution in [2.24, 2.45) is 0 Å². The van der Waals surface area contributed by atoms with E-state index in [1.165, 1.54) is 0 Å². The lowest BCUT2D eigenvalue weighted by atomic mass is 10.2. The molecule has 0 N–H and O–H groups in total. The second-order valence-electron chi connectivity index (χ2n) is 3.91. The average Bonchev–Trinajstić information content (AvgIpc) is 2.76. The lowest BCUT2D eigenvalue weighted by Crippen LogP contribution is -2.29. The SMILES string of the molecule is COC1CCN(C(=O)c2cccc(Cl)c2)C1. The first kappa shape index (κ1) is 11.4. The van der Waals surface area contributed by atoms with Gasteiger partial charge >= 0.3 is 0 Å². The summed E-state index contributed by atoms with van der Waals surface area (Å²) in [6.07, 6.45) is 1.08. The number of methoxy groups -OCH3 is 1. The van der Waals surface area contributed by atoms with Crippen LogP contribution in [-0.2, 0) is 4.74 Å². The molecule has 1 aromatic carbocycles. The third kappa shape index (κ3) is 2.36. The highest BCUT2D eigenvalue weighted by Crippen LogP contribution is 2.17. The molecule has 3 nitrogen and oxygen atoms in total. The van der Waals surface area contributed by atoms with Gasteiger partial charge in [0.15, 0.2) is 0 Å². The zero-order chi connectivity index (χ0) is 11.5. The molecule has 1 aromatic rings. The Morgan fingerprint density at radius 2 is 2.38 bits per heavy atom. The number of likely N-dealkylation sites (tertiary alicyclic amines) is 1. The van der Waals surface area contributed by atoms with Gasteiger partial charge in [0, 0.05) is 30.8 Å². The molecule has 1 aliphatic rings. The van der Waals surface area contributed by atoms with Crippen LogP contribution in [0.5, 0.6) is 0 Å². The molecular weight excluding hydrogens is 226 g/mol. The van der Waals surface area contributed by atoms with E-state index in [-0.39, 0.29) is 12.0 Å². The molecule has 0 aliphatic carbocycles. The number of carbonyl (C=O) groups excluding carboxylic acids is 1. The van der Waals surface area contributed by atoms with Gasteiger partial charge in [0.25, 0.3) is 5.91 Å². The molecule has 1 heterocycles. The minimum Gasteiger partial charge on any atom is -0.380 e. The van der Waals surface area contributed by atoms with Crippen LogP contribution in [0.15, 0.2) is 24.3 Å². The van der Waals surface area contributed by atoms with Crippen LogP contribution in [-0.4, -0.2) is 37.1 Å². The zero-order valence-corrected chi connectivity index (χ0v) is 9.91. The quantitative estimate of drug-likeness (QED) is 0.792. The fourth-order valence-electron chi connectivity index (χ4n) is 1.91. The molecule has 1 atom stereocenters. The van der Waals surface area contributed by atoms with E-state index >= 15 is 0 Å². The lowest BCUT2D eigenvalue weighted by Gasteiger charge is -2.16. The summed E-state index contributed by atoms with van der Waals surface area (Å²) in [4.78, 5) is 13.9. The highest BCUT2D eigenvalue weighted by atomic mass is 35.5. The Labute approximate surface area is 100.0 Å². The van der Waals surface area contributed by atoms with Crippen LogP contribution in [0.3, 0.4) is 0 Å². The molecule has 0 bridgehead atoms. The molecule has 1 unspecified atom stereocenters. The van der Waals surface area contributed by atoms with Gasteiger partial charge in [-0.3, -0.25) is 4.79 Å². The topological polar surface area (TPSA) is 29.5 Å². The van der Waals surface area contributed by atoms with E-state index in [4.69, 9.17) is 16.3 Å². The predicted octanol–water partition coefficient (Wildman–Crippen LogP) is 2.20. The molecule has 0 radical (unpaired) electrons. The monoisotopic (exact) mass is 239 g/mol. The molecule has 0 spiro atoms. The van der Waals surface area contributed by atoms with Gasteiger partial charge < -0.3 is 9.64 Å². The van der Waals surface area contributed by atoms with E-state index in [0.29, 0.717) is 17.1 Å². The summed E-state index contributed by atoms with van der Waals surface area (Å²) in [5, 5.41) is 0.591. The maximum absolute atomic E-state index is 12.1. The van der Waals surface area contributed by atoms with Crippen LogP contribution in [0.1, 0.15) is 16.8 Å². The molecule has 1 fully saturated rings. The van der Waals surface area contributed by atoms with Gasteiger partial charge in [-0.15, -0.1) is 0 Å². The van der Waals surface area contributed by atoms with Crippen molar-refractivity contribution in [2.45, 2.75) is 12.5 Å². The van der Waals surface area contributed by atoms with Gasteiger partial charge in [-0.1, -0.05) is 17.7 Å². The van der Waals surface area contributed by atoms with E-state index < -0.39 is 0 Å².